The summed E-state index contributed by atoms with van der Waals surface area (Å²) in [5.41, 5.74) is 0.339. The molecule has 22 heavy (non-hydrogen) atoms. The van der Waals surface area contributed by atoms with Crippen LogP contribution in [0.25, 0.3) is 0 Å². The highest BCUT2D eigenvalue weighted by atomic mass is 19.1. The standard InChI is InChI=1S/C18H25FO3/c1-5-7-18(19,6-2)11-13-8-12-9-15(21-3)16(22-4)10-14(12)17(13)20/h9-10,13H,5-8,11H2,1-4H3. The fourth-order valence-corrected chi connectivity index (χ4v) is 3.38. The third-order valence-electron chi connectivity index (χ3n) is 4.66. The van der Waals surface area contributed by atoms with Gasteiger partial charge in [-0.25, -0.2) is 4.39 Å². The number of Topliss-reactive ketones (excluding diaryl/α,β-unsaturated/α-hetero) is 1. The van der Waals surface area contributed by atoms with E-state index in [1.807, 2.05) is 19.9 Å². The first-order chi connectivity index (χ1) is 10.5. The fraction of sp³-hybridized carbons (Fsp3) is 0.611. The number of halogens is 1. The number of benzene rings is 1. The molecule has 0 aromatic heterocycles. The van der Waals surface area contributed by atoms with Crippen molar-refractivity contribution in [2.24, 2.45) is 5.92 Å². The van der Waals surface area contributed by atoms with Crippen molar-refractivity contribution >= 4 is 5.78 Å². The quantitative estimate of drug-likeness (QED) is 0.750. The lowest BCUT2D eigenvalue weighted by Crippen LogP contribution is -2.28. The molecule has 0 spiro atoms. The molecular weight excluding hydrogens is 283 g/mol. The van der Waals surface area contributed by atoms with Gasteiger partial charge in [-0.15, -0.1) is 0 Å². The van der Waals surface area contributed by atoms with E-state index in [1.165, 1.54) is 0 Å². The van der Waals surface area contributed by atoms with Crippen LogP contribution in [0.2, 0.25) is 0 Å². The molecule has 0 amide bonds. The number of methoxy groups -OCH3 is 2. The molecule has 0 saturated carbocycles. The van der Waals surface area contributed by atoms with Crippen molar-refractivity contribution in [3.05, 3.63) is 23.3 Å². The van der Waals surface area contributed by atoms with Crippen molar-refractivity contribution in [1.29, 1.82) is 0 Å². The van der Waals surface area contributed by atoms with Crippen LogP contribution >= 0.6 is 0 Å². The predicted octanol–water partition coefficient (Wildman–Crippen LogP) is 4.37. The maximum atomic E-state index is 14.9. The molecule has 2 atom stereocenters. The van der Waals surface area contributed by atoms with Crippen molar-refractivity contribution in [3.63, 3.8) is 0 Å². The number of carbonyl (C=O) groups is 1. The third kappa shape index (κ3) is 3.11. The second kappa shape index (κ2) is 6.67. The minimum Gasteiger partial charge on any atom is -0.493 e. The Morgan fingerprint density at radius 1 is 1.23 bits per heavy atom. The molecule has 3 nitrogen and oxygen atoms in total. The number of hydrogen-bond donors (Lipinski definition) is 0. The highest BCUT2D eigenvalue weighted by Gasteiger charge is 2.38. The number of alkyl halides is 1. The average Bonchev–Trinajstić information content (AvgIpc) is 2.81. The molecule has 0 bridgehead atoms. The molecule has 0 saturated heterocycles. The van der Waals surface area contributed by atoms with E-state index in [9.17, 15) is 9.18 Å². The summed E-state index contributed by atoms with van der Waals surface area (Å²) in [7, 11) is 3.12. The largest absolute Gasteiger partial charge is 0.493 e. The summed E-state index contributed by atoms with van der Waals surface area (Å²) < 4.78 is 25.4. The Hall–Kier alpha value is -1.58. The zero-order valence-corrected chi connectivity index (χ0v) is 13.9. The first kappa shape index (κ1) is 16.8. The summed E-state index contributed by atoms with van der Waals surface area (Å²) in [6.45, 7) is 3.83. The van der Waals surface area contributed by atoms with Crippen LogP contribution in [0.4, 0.5) is 4.39 Å². The van der Waals surface area contributed by atoms with E-state index in [0.717, 1.165) is 12.0 Å². The van der Waals surface area contributed by atoms with Gasteiger partial charge in [-0.3, -0.25) is 4.79 Å². The second-order valence-corrected chi connectivity index (χ2v) is 6.09. The SMILES string of the molecule is CCCC(F)(CC)CC1Cc2cc(OC)c(OC)cc2C1=O. The highest BCUT2D eigenvalue weighted by molar-refractivity contribution is 6.03. The smallest absolute Gasteiger partial charge is 0.166 e. The Labute approximate surface area is 131 Å². The number of ketones is 1. The third-order valence-corrected chi connectivity index (χ3v) is 4.66. The van der Waals surface area contributed by atoms with Crippen LogP contribution in [0.1, 0.15) is 55.5 Å². The van der Waals surface area contributed by atoms with Crippen LogP contribution in [0.5, 0.6) is 11.5 Å². The number of rotatable bonds is 7. The van der Waals surface area contributed by atoms with Gasteiger partial charge in [0.15, 0.2) is 17.3 Å². The van der Waals surface area contributed by atoms with E-state index in [-0.39, 0.29) is 11.7 Å². The summed E-state index contributed by atoms with van der Waals surface area (Å²) in [4.78, 5) is 12.6. The molecule has 0 radical (unpaired) electrons. The Balaban J connectivity index is 2.25. The zero-order valence-electron chi connectivity index (χ0n) is 13.9. The topological polar surface area (TPSA) is 35.5 Å². The van der Waals surface area contributed by atoms with Crippen LogP contribution in [-0.4, -0.2) is 25.7 Å². The molecule has 1 aliphatic rings. The van der Waals surface area contributed by atoms with E-state index in [0.29, 0.717) is 42.7 Å². The zero-order chi connectivity index (χ0) is 16.3. The highest BCUT2D eigenvalue weighted by Crippen LogP contribution is 2.41. The molecule has 2 unspecified atom stereocenters. The van der Waals surface area contributed by atoms with E-state index >= 15 is 0 Å². The normalized spacial score (nSPS) is 19.7. The summed E-state index contributed by atoms with van der Waals surface area (Å²) >= 11 is 0. The Morgan fingerprint density at radius 2 is 1.86 bits per heavy atom. The molecule has 0 heterocycles. The van der Waals surface area contributed by atoms with Crippen LogP contribution in [0.15, 0.2) is 12.1 Å². The molecule has 2 rings (SSSR count). The summed E-state index contributed by atoms with van der Waals surface area (Å²) in [6, 6.07) is 3.57. The van der Waals surface area contributed by atoms with Crippen LogP contribution in [0, 0.1) is 5.92 Å². The summed E-state index contributed by atoms with van der Waals surface area (Å²) in [6.07, 6.45) is 2.64. The predicted molar refractivity (Wildman–Crippen MR) is 84.7 cm³/mol. The van der Waals surface area contributed by atoms with Gasteiger partial charge in [-0.1, -0.05) is 20.3 Å². The lowest BCUT2D eigenvalue weighted by atomic mass is 9.84. The maximum Gasteiger partial charge on any atom is 0.166 e. The van der Waals surface area contributed by atoms with Crippen LogP contribution < -0.4 is 9.47 Å². The van der Waals surface area contributed by atoms with Gasteiger partial charge in [-0.05, 0) is 43.4 Å². The molecule has 1 aliphatic carbocycles. The minimum absolute atomic E-state index is 0.0301. The van der Waals surface area contributed by atoms with Gasteiger partial charge in [0.2, 0.25) is 0 Å². The van der Waals surface area contributed by atoms with Crippen molar-refractivity contribution < 1.29 is 18.7 Å². The van der Waals surface area contributed by atoms with Gasteiger partial charge in [-0.2, -0.15) is 0 Å². The minimum atomic E-state index is -1.24. The Morgan fingerprint density at radius 3 is 2.41 bits per heavy atom. The monoisotopic (exact) mass is 308 g/mol. The Bertz CT molecular complexity index is 556. The molecule has 1 aromatic carbocycles. The van der Waals surface area contributed by atoms with Gasteiger partial charge < -0.3 is 9.47 Å². The van der Waals surface area contributed by atoms with E-state index in [4.69, 9.17) is 9.47 Å². The number of ether oxygens (including phenoxy) is 2. The second-order valence-electron chi connectivity index (χ2n) is 6.09. The van der Waals surface area contributed by atoms with Crippen molar-refractivity contribution in [1.82, 2.24) is 0 Å². The first-order valence-corrected chi connectivity index (χ1v) is 7.96. The van der Waals surface area contributed by atoms with Crippen molar-refractivity contribution in [3.8, 4) is 11.5 Å². The molecule has 0 fully saturated rings. The lowest BCUT2D eigenvalue weighted by Gasteiger charge is -2.25. The van der Waals surface area contributed by atoms with Gasteiger partial charge in [0.1, 0.15) is 5.67 Å². The fourth-order valence-electron chi connectivity index (χ4n) is 3.38. The molecule has 1 aromatic rings. The van der Waals surface area contributed by atoms with Gasteiger partial charge in [0.25, 0.3) is 0 Å². The van der Waals surface area contributed by atoms with Gasteiger partial charge in [0, 0.05) is 11.5 Å². The van der Waals surface area contributed by atoms with Crippen molar-refractivity contribution in [2.45, 2.75) is 51.6 Å². The lowest BCUT2D eigenvalue weighted by molar-refractivity contribution is 0.0768. The summed E-state index contributed by atoms with van der Waals surface area (Å²) in [5.74, 6) is 0.918. The van der Waals surface area contributed by atoms with Crippen molar-refractivity contribution in [2.75, 3.05) is 14.2 Å². The molecule has 122 valence electrons. The van der Waals surface area contributed by atoms with Crippen LogP contribution in [0.3, 0.4) is 0 Å². The van der Waals surface area contributed by atoms with E-state index in [2.05, 4.69) is 0 Å². The van der Waals surface area contributed by atoms with E-state index < -0.39 is 5.67 Å². The van der Waals surface area contributed by atoms with E-state index in [1.54, 1.807) is 20.3 Å². The summed E-state index contributed by atoms with van der Waals surface area (Å²) in [5, 5.41) is 0. The average molecular weight is 308 g/mol. The molecule has 0 N–H and O–H groups in total. The van der Waals surface area contributed by atoms with Gasteiger partial charge >= 0.3 is 0 Å². The molecular formula is C18H25FO3. The number of hydrogen-bond acceptors (Lipinski definition) is 3. The number of carbonyl (C=O) groups excluding carboxylic acids is 1. The van der Waals surface area contributed by atoms with Crippen LogP contribution in [-0.2, 0) is 6.42 Å². The van der Waals surface area contributed by atoms with Gasteiger partial charge in [0.05, 0.1) is 14.2 Å². The molecule has 4 heteroatoms. The molecule has 0 aliphatic heterocycles. The Kier molecular flexibility index (Phi) is 5.09. The number of fused-ring (bicyclic) bond motifs is 1. The first-order valence-electron chi connectivity index (χ1n) is 7.96. The maximum absolute atomic E-state index is 14.9.